The second-order valence-electron chi connectivity index (χ2n) is 7.24. The van der Waals surface area contributed by atoms with Gasteiger partial charge in [-0.1, -0.05) is 19.3 Å². The largest absolute Gasteiger partial charge is 0.314 e. The molecular weight excluding hydrogens is 232 g/mol. The van der Waals surface area contributed by atoms with Crippen LogP contribution in [0.15, 0.2) is 0 Å². The van der Waals surface area contributed by atoms with E-state index in [0.29, 0.717) is 0 Å². The first-order chi connectivity index (χ1) is 9.34. The van der Waals surface area contributed by atoms with Crippen molar-refractivity contribution < 1.29 is 0 Å². The highest BCUT2D eigenvalue weighted by Gasteiger charge is 2.33. The Labute approximate surface area is 119 Å². The average Bonchev–Trinajstić information content (AvgIpc) is 3.02. The summed E-state index contributed by atoms with van der Waals surface area (Å²) in [5.41, 5.74) is 0. The third kappa shape index (κ3) is 3.33. The molecule has 2 heteroatoms. The summed E-state index contributed by atoms with van der Waals surface area (Å²) in [5.74, 6) is 1.92. The third-order valence-corrected chi connectivity index (χ3v) is 6.06. The first kappa shape index (κ1) is 13.9. The fourth-order valence-corrected chi connectivity index (χ4v) is 4.77. The first-order valence-electron chi connectivity index (χ1n) is 8.82. The second kappa shape index (κ2) is 6.58. The van der Waals surface area contributed by atoms with E-state index in [2.05, 4.69) is 17.1 Å². The number of hydrogen-bond acceptors (Lipinski definition) is 2. The van der Waals surface area contributed by atoms with Crippen LogP contribution in [0.1, 0.15) is 64.7 Å². The molecule has 2 nitrogen and oxygen atoms in total. The molecule has 3 rings (SSSR count). The van der Waals surface area contributed by atoms with Crippen LogP contribution in [0, 0.1) is 11.8 Å². The number of rotatable bonds is 3. The van der Waals surface area contributed by atoms with Gasteiger partial charge in [-0.3, -0.25) is 0 Å². The van der Waals surface area contributed by atoms with Gasteiger partial charge in [0.25, 0.3) is 0 Å². The number of hydrogen-bond donors (Lipinski definition) is 1. The molecule has 1 saturated carbocycles. The van der Waals surface area contributed by atoms with Gasteiger partial charge in [0.2, 0.25) is 0 Å². The van der Waals surface area contributed by atoms with Gasteiger partial charge < -0.3 is 10.2 Å². The minimum atomic E-state index is 0.835. The highest BCUT2D eigenvalue weighted by atomic mass is 15.2. The maximum Gasteiger partial charge on any atom is 0.0108 e. The van der Waals surface area contributed by atoms with Gasteiger partial charge in [0, 0.05) is 18.6 Å². The molecule has 0 amide bonds. The summed E-state index contributed by atoms with van der Waals surface area (Å²) in [6.45, 7) is 6.51. The Morgan fingerprint density at radius 2 is 1.79 bits per heavy atom. The van der Waals surface area contributed by atoms with Crippen molar-refractivity contribution in [2.24, 2.45) is 11.8 Å². The summed E-state index contributed by atoms with van der Waals surface area (Å²) in [7, 11) is 0. The van der Waals surface area contributed by atoms with Gasteiger partial charge in [-0.15, -0.1) is 0 Å². The SMILES string of the molecule is CC(C1CCCCC1)N1CCCC(C2CCCN2)C1. The molecule has 3 atom stereocenters. The van der Waals surface area contributed by atoms with E-state index in [-0.39, 0.29) is 0 Å². The van der Waals surface area contributed by atoms with Gasteiger partial charge in [-0.25, -0.2) is 0 Å². The maximum absolute atomic E-state index is 3.74. The predicted octanol–water partition coefficient (Wildman–Crippen LogP) is 3.42. The molecule has 1 N–H and O–H groups in total. The third-order valence-electron chi connectivity index (χ3n) is 6.06. The second-order valence-corrected chi connectivity index (χ2v) is 7.24. The Bertz CT molecular complexity index is 266. The molecule has 0 aromatic rings. The van der Waals surface area contributed by atoms with Gasteiger partial charge in [0.1, 0.15) is 0 Å². The lowest BCUT2D eigenvalue weighted by atomic mass is 9.82. The molecule has 3 aliphatic rings. The zero-order chi connectivity index (χ0) is 13.1. The van der Waals surface area contributed by atoms with Gasteiger partial charge in [0.05, 0.1) is 0 Å². The normalized spacial score (nSPS) is 36.5. The monoisotopic (exact) mass is 264 g/mol. The Kier molecular flexibility index (Phi) is 4.81. The van der Waals surface area contributed by atoms with Gasteiger partial charge in [-0.2, -0.15) is 0 Å². The summed E-state index contributed by atoms with van der Waals surface area (Å²) >= 11 is 0. The lowest BCUT2D eigenvalue weighted by Crippen LogP contribution is -2.49. The van der Waals surface area contributed by atoms with Crippen LogP contribution in [0.2, 0.25) is 0 Å². The molecule has 0 bridgehead atoms. The molecule has 0 aromatic carbocycles. The molecule has 1 aliphatic carbocycles. The molecule has 0 spiro atoms. The summed E-state index contributed by atoms with van der Waals surface area (Å²) in [6.07, 6.45) is 13.2. The van der Waals surface area contributed by atoms with Crippen LogP contribution in [0.5, 0.6) is 0 Å². The van der Waals surface area contributed by atoms with Crippen LogP contribution in [0.4, 0.5) is 0 Å². The van der Waals surface area contributed by atoms with E-state index in [9.17, 15) is 0 Å². The number of likely N-dealkylation sites (tertiary alicyclic amines) is 1. The van der Waals surface area contributed by atoms with E-state index in [0.717, 1.165) is 23.9 Å². The molecule has 0 radical (unpaired) electrons. The van der Waals surface area contributed by atoms with E-state index in [4.69, 9.17) is 0 Å². The Balaban J connectivity index is 1.54. The van der Waals surface area contributed by atoms with Gasteiger partial charge >= 0.3 is 0 Å². The molecule has 2 saturated heterocycles. The van der Waals surface area contributed by atoms with Crippen LogP contribution < -0.4 is 5.32 Å². The minimum absolute atomic E-state index is 0.835. The van der Waals surface area contributed by atoms with Crippen molar-refractivity contribution in [3.8, 4) is 0 Å². The van der Waals surface area contributed by atoms with Crippen molar-refractivity contribution in [3.05, 3.63) is 0 Å². The van der Waals surface area contributed by atoms with Crippen LogP contribution in [-0.4, -0.2) is 36.6 Å². The lowest BCUT2D eigenvalue weighted by Gasteiger charge is -2.42. The van der Waals surface area contributed by atoms with Crippen molar-refractivity contribution in [3.63, 3.8) is 0 Å². The Morgan fingerprint density at radius 3 is 2.53 bits per heavy atom. The summed E-state index contributed by atoms with van der Waals surface area (Å²) in [5, 5.41) is 3.74. The number of piperidine rings is 1. The molecular formula is C17H32N2. The van der Waals surface area contributed by atoms with Crippen LogP contribution in [-0.2, 0) is 0 Å². The summed E-state index contributed by atoms with van der Waals surface area (Å²) < 4.78 is 0. The van der Waals surface area contributed by atoms with Crippen LogP contribution in [0.25, 0.3) is 0 Å². The van der Waals surface area contributed by atoms with E-state index in [1.165, 1.54) is 77.4 Å². The smallest absolute Gasteiger partial charge is 0.0108 e. The van der Waals surface area contributed by atoms with Crippen molar-refractivity contribution in [1.29, 1.82) is 0 Å². The standard InChI is InChI=1S/C17H32N2/c1-14(15-7-3-2-4-8-15)19-12-6-9-16(13-19)17-10-5-11-18-17/h14-18H,2-13H2,1H3. The number of nitrogens with one attached hydrogen (secondary N) is 1. The van der Waals surface area contributed by atoms with E-state index in [1.807, 2.05) is 0 Å². The van der Waals surface area contributed by atoms with Crippen molar-refractivity contribution >= 4 is 0 Å². The van der Waals surface area contributed by atoms with Crippen LogP contribution >= 0.6 is 0 Å². The Morgan fingerprint density at radius 1 is 0.947 bits per heavy atom. The molecule has 110 valence electrons. The lowest BCUT2D eigenvalue weighted by molar-refractivity contribution is 0.0723. The first-order valence-corrected chi connectivity index (χ1v) is 8.82. The highest BCUT2D eigenvalue weighted by molar-refractivity contribution is 4.89. The molecule has 2 aliphatic heterocycles. The molecule has 3 fully saturated rings. The molecule has 19 heavy (non-hydrogen) atoms. The Hall–Kier alpha value is -0.0800. The van der Waals surface area contributed by atoms with E-state index in [1.54, 1.807) is 0 Å². The van der Waals surface area contributed by atoms with Crippen LogP contribution in [0.3, 0.4) is 0 Å². The van der Waals surface area contributed by atoms with Gasteiger partial charge in [0.15, 0.2) is 0 Å². The maximum atomic E-state index is 3.74. The fourth-order valence-electron chi connectivity index (χ4n) is 4.77. The average molecular weight is 264 g/mol. The van der Waals surface area contributed by atoms with Crippen molar-refractivity contribution in [2.45, 2.75) is 76.8 Å². The predicted molar refractivity (Wildman–Crippen MR) is 81.4 cm³/mol. The highest BCUT2D eigenvalue weighted by Crippen LogP contribution is 2.32. The van der Waals surface area contributed by atoms with Gasteiger partial charge in [-0.05, 0) is 70.4 Å². The molecule has 3 unspecified atom stereocenters. The summed E-state index contributed by atoms with van der Waals surface area (Å²) in [4.78, 5) is 2.84. The molecule has 2 heterocycles. The topological polar surface area (TPSA) is 15.3 Å². The van der Waals surface area contributed by atoms with E-state index < -0.39 is 0 Å². The zero-order valence-corrected chi connectivity index (χ0v) is 12.7. The van der Waals surface area contributed by atoms with Crippen molar-refractivity contribution in [2.75, 3.05) is 19.6 Å². The quantitative estimate of drug-likeness (QED) is 0.840. The van der Waals surface area contributed by atoms with Crippen molar-refractivity contribution in [1.82, 2.24) is 10.2 Å². The van der Waals surface area contributed by atoms with E-state index >= 15 is 0 Å². The fraction of sp³-hybridized carbons (Fsp3) is 1.00. The summed E-state index contributed by atoms with van der Waals surface area (Å²) in [6, 6.07) is 1.67. The minimum Gasteiger partial charge on any atom is -0.314 e. The molecule has 0 aromatic heterocycles. The zero-order valence-electron chi connectivity index (χ0n) is 12.7. The number of nitrogens with zero attached hydrogens (tertiary/aromatic N) is 1.